The molecule has 0 atom stereocenters. The van der Waals surface area contributed by atoms with E-state index in [0.717, 1.165) is 42.0 Å². The minimum Gasteiger partial charge on any atom is -0.294 e. The molecule has 0 fully saturated rings. The Bertz CT molecular complexity index is 629. The molecule has 0 spiro atoms. The first-order valence-corrected chi connectivity index (χ1v) is 7.22. The topological polar surface area (TPSA) is 47.8 Å². The molecular formula is C16H19N3O. The molecule has 0 N–H and O–H groups in total. The fourth-order valence-corrected chi connectivity index (χ4v) is 2.80. The molecule has 104 valence electrons. The van der Waals surface area contributed by atoms with Gasteiger partial charge in [0.25, 0.3) is 0 Å². The van der Waals surface area contributed by atoms with Gasteiger partial charge in [0, 0.05) is 12.6 Å². The third kappa shape index (κ3) is 2.26. The maximum absolute atomic E-state index is 12.3. The highest BCUT2D eigenvalue weighted by Gasteiger charge is 2.27. The van der Waals surface area contributed by atoms with Crippen LogP contribution in [-0.2, 0) is 12.8 Å². The van der Waals surface area contributed by atoms with Crippen molar-refractivity contribution in [2.24, 2.45) is 5.92 Å². The number of carbonyl (C=O) groups excluding carboxylic acids is 1. The molecule has 0 bridgehead atoms. The van der Waals surface area contributed by atoms with E-state index in [-0.39, 0.29) is 5.78 Å². The number of carbonyl (C=O) groups is 1. The molecule has 0 aromatic carbocycles. The largest absolute Gasteiger partial charge is 0.294 e. The third-order valence-corrected chi connectivity index (χ3v) is 3.62. The maximum Gasteiger partial charge on any atom is 0.166 e. The molecule has 0 radical (unpaired) electrons. The summed E-state index contributed by atoms with van der Waals surface area (Å²) >= 11 is 0. The molecule has 2 aromatic heterocycles. The average molecular weight is 269 g/mol. The molecule has 1 aliphatic carbocycles. The highest BCUT2D eigenvalue weighted by molar-refractivity contribution is 5.99. The van der Waals surface area contributed by atoms with Gasteiger partial charge in [0.2, 0.25) is 0 Å². The van der Waals surface area contributed by atoms with Gasteiger partial charge < -0.3 is 0 Å². The van der Waals surface area contributed by atoms with Gasteiger partial charge in [-0.2, -0.15) is 5.10 Å². The van der Waals surface area contributed by atoms with Crippen molar-refractivity contribution >= 4 is 5.78 Å². The fraction of sp³-hybridized carbons (Fsp3) is 0.438. The summed E-state index contributed by atoms with van der Waals surface area (Å²) in [5.74, 6) is 1.53. The zero-order valence-corrected chi connectivity index (χ0v) is 12.0. The van der Waals surface area contributed by atoms with Crippen molar-refractivity contribution in [1.29, 1.82) is 0 Å². The third-order valence-electron chi connectivity index (χ3n) is 3.62. The highest BCUT2D eigenvalue weighted by atomic mass is 16.1. The van der Waals surface area contributed by atoms with E-state index in [0.29, 0.717) is 12.3 Å². The number of fused-ring (bicyclic) bond motifs is 1. The van der Waals surface area contributed by atoms with Crippen LogP contribution in [0.5, 0.6) is 0 Å². The van der Waals surface area contributed by atoms with Crippen molar-refractivity contribution in [3.8, 4) is 5.82 Å². The van der Waals surface area contributed by atoms with Gasteiger partial charge in [0.05, 0.1) is 17.0 Å². The Kier molecular flexibility index (Phi) is 3.38. The second-order valence-electron chi connectivity index (χ2n) is 5.74. The van der Waals surface area contributed by atoms with E-state index in [1.807, 2.05) is 22.9 Å². The Hall–Kier alpha value is -1.97. The van der Waals surface area contributed by atoms with Gasteiger partial charge >= 0.3 is 0 Å². The Morgan fingerprint density at radius 2 is 2.15 bits per heavy atom. The quantitative estimate of drug-likeness (QED) is 0.860. The molecule has 4 nitrogen and oxygen atoms in total. The van der Waals surface area contributed by atoms with Crippen molar-refractivity contribution in [3.63, 3.8) is 0 Å². The summed E-state index contributed by atoms with van der Waals surface area (Å²) in [5, 5.41) is 4.69. The lowest BCUT2D eigenvalue weighted by Crippen LogP contribution is -2.14. The number of hydrogen-bond acceptors (Lipinski definition) is 3. The van der Waals surface area contributed by atoms with Crippen molar-refractivity contribution < 1.29 is 4.79 Å². The predicted octanol–water partition coefficient (Wildman–Crippen LogP) is 2.98. The van der Waals surface area contributed by atoms with Gasteiger partial charge in [-0.3, -0.25) is 4.79 Å². The van der Waals surface area contributed by atoms with Crippen LogP contribution in [0.1, 0.15) is 48.4 Å². The van der Waals surface area contributed by atoms with E-state index in [2.05, 4.69) is 23.9 Å². The summed E-state index contributed by atoms with van der Waals surface area (Å²) < 4.78 is 1.87. The molecule has 4 heteroatoms. The maximum atomic E-state index is 12.3. The number of rotatable bonds is 3. The van der Waals surface area contributed by atoms with E-state index in [1.165, 1.54) is 0 Å². The van der Waals surface area contributed by atoms with E-state index in [1.54, 1.807) is 6.20 Å². The number of hydrogen-bond donors (Lipinski definition) is 0. The van der Waals surface area contributed by atoms with Crippen LogP contribution >= 0.6 is 0 Å². The Morgan fingerprint density at radius 1 is 1.30 bits per heavy atom. The van der Waals surface area contributed by atoms with Crippen LogP contribution in [0.2, 0.25) is 0 Å². The predicted molar refractivity (Wildman–Crippen MR) is 77.2 cm³/mol. The lowest BCUT2D eigenvalue weighted by molar-refractivity contribution is 0.0971. The second kappa shape index (κ2) is 5.19. The summed E-state index contributed by atoms with van der Waals surface area (Å²) in [6.07, 6.45) is 5.06. The number of Topliss-reactive ketones (excluding diaryl/α,β-unsaturated/α-hetero) is 1. The summed E-state index contributed by atoms with van der Waals surface area (Å²) in [4.78, 5) is 16.6. The number of ketones is 1. The Labute approximate surface area is 118 Å². The van der Waals surface area contributed by atoms with Crippen LogP contribution in [-0.4, -0.2) is 20.5 Å². The second-order valence-corrected chi connectivity index (χ2v) is 5.74. The number of nitrogens with zero attached hydrogens (tertiary/aromatic N) is 3. The first kappa shape index (κ1) is 13.0. The molecule has 0 aliphatic heterocycles. The Morgan fingerprint density at radius 3 is 2.85 bits per heavy atom. The van der Waals surface area contributed by atoms with Crippen molar-refractivity contribution in [1.82, 2.24) is 14.8 Å². The molecule has 2 heterocycles. The lowest BCUT2D eigenvalue weighted by Gasteiger charge is -2.13. The molecule has 2 aromatic rings. The highest BCUT2D eigenvalue weighted by Crippen LogP contribution is 2.27. The monoisotopic (exact) mass is 269 g/mol. The molecule has 20 heavy (non-hydrogen) atoms. The van der Waals surface area contributed by atoms with E-state index < -0.39 is 0 Å². The van der Waals surface area contributed by atoms with Gasteiger partial charge in [-0.15, -0.1) is 0 Å². The van der Waals surface area contributed by atoms with Gasteiger partial charge in [-0.05, 0) is 37.3 Å². The van der Waals surface area contributed by atoms with Crippen LogP contribution in [0.25, 0.3) is 5.82 Å². The summed E-state index contributed by atoms with van der Waals surface area (Å²) in [6.45, 7) is 4.30. The van der Waals surface area contributed by atoms with Crippen LogP contribution in [0, 0.1) is 5.92 Å². The van der Waals surface area contributed by atoms with Crippen LogP contribution in [0.4, 0.5) is 0 Å². The van der Waals surface area contributed by atoms with Crippen LogP contribution in [0.15, 0.2) is 24.4 Å². The molecule has 0 unspecified atom stereocenters. The van der Waals surface area contributed by atoms with Crippen LogP contribution in [0.3, 0.4) is 0 Å². The first-order valence-electron chi connectivity index (χ1n) is 7.22. The zero-order valence-electron chi connectivity index (χ0n) is 12.0. The summed E-state index contributed by atoms with van der Waals surface area (Å²) in [7, 11) is 0. The van der Waals surface area contributed by atoms with Crippen molar-refractivity contribution in [2.75, 3.05) is 0 Å². The van der Waals surface area contributed by atoms with E-state index in [9.17, 15) is 4.79 Å². The van der Waals surface area contributed by atoms with E-state index >= 15 is 0 Å². The van der Waals surface area contributed by atoms with Crippen molar-refractivity contribution in [3.05, 3.63) is 41.3 Å². The Balaban J connectivity index is 2.14. The normalized spacial score (nSPS) is 14.7. The van der Waals surface area contributed by atoms with Gasteiger partial charge in [-0.1, -0.05) is 19.9 Å². The molecule has 0 amide bonds. The summed E-state index contributed by atoms with van der Waals surface area (Å²) in [6, 6.07) is 5.77. The van der Waals surface area contributed by atoms with Gasteiger partial charge in [0.15, 0.2) is 11.6 Å². The van der Waals surface area contributed by atoms with Crippen LogP contribution < -0.4 is 0 Å². The smallest absolute Gasteiger partial charge is 0.166 e. The zero-order chi connectivity index (χ0) is 14.1. The van der Waals surface area contributed by atoms with Gasteiger partial charge in [0.1, 0.15) is 0 Å². The minimum atomic E-state index is 0.240. The van der Waals surface area contributed by atoms with Crippen molar-refractivity contribution in [2.45, 2.75) is 39.5 Å². The van der Waals surface area contributed by atoms with Gasteiger partial charge in [-0.25, -0.2) is 9.67 Å². The SMILES string of the molecule is CC(C)Cc1nn(-c2ccccn2)c2c1C(=O)CCC2. The standard InChI is InChI=1S/C16H19N3O/c1-11(2)10-12-16-13(6-5-7-14(16)20)19(18-12)15-8-3-4-9-17-15/h3-4,8-9,11H,5-7,10H2,1-2H3. The molecule has 0 saturated heterocycles. The fourth-order valence-electron chi connectivity index (χ4n) is 2.80. The van der Waals surface area contributed by atoms with E-state index in [4.69, 9.17) is 0 Å². The molecule has 0 saturated carbocycles. The number of pyridine rings is 1. The minimum absolute atomic E-state index is 0.240. The summed E-state index contributed by atoms with van der Waals surface area (Å²) in [5.41, 5.74) is 2.83. The molecule has 1 aliphatic rings. The number of aromatic nitrogens is 3. The average Bonchev–Trinajstić information content (AvgIpc) is 2.79. The first-order chi connectivity index (χ1) is 9.66. The lowest BCUT2D eigenvalue weighted by atomic mass is 9.92. The molecule has 3 rings (SSSR count). The molecular weight excluding hydrogens is 250 g/mol.